The number of rotatable bonds is 5. The molecular weight excluding hydrogens is 282 g/mol. The van der Waals surface area contributed by atoms with Crippen LogP contribution >= 0.6 is 0 Å². The average molecular weight is 299 g/mol. The molecule has 1 aromatic heterocycles. The second kappa shape index (κ2) is 7.12. The molecule has 0 fully saturated rings. The Labute approximate surface area is 128 Å². The van der Waals surface area contributed by atoms with Gasteiger partial charge in [0.25, 0.3) is 5.91 Å². The number of aryl methyl sites for hydroxylation is 1. The summed E-state index contributed by atoms with van der Waals surface area (Å²) in [5, 5.41) is 7.99. The first-order valence-corrected chi connectivity index (χ1v) is 6.71. The van der Waals surface area contributed by atoms with Crippen molar-refractivity contribution in [2.45, 2.75) is 6.92 Å². The number of urea groups is 1. The standard InChI is InChI=1S/C16H17N3O3/c1-3-9-17-16(21)19-13-6-4-12(5-7-13)18-15(20)14-11(2)8-10-22-14/h3-8,10H,1,9H2,2H3,(H,18,20)(H2,17,19,21). The highest BCUT2D eigenvalue weighted by Gasteiger charge is 2.12. The first-order valence-electron chi connectivity index (χ1n) is 6.71. The fourth-order valence-electron chi connectivity index (χ4n) is 1.77. The van der Waals surface area contributed by atoms with Gasteiger partial charge in [-0.3, -0.25) is 4.79 Å². The second-order valence-corrected chi connectivity index (χ2v) is 4.59. The van der Waals surface area contributed by atoms with Crippen LogP contribution in [0.2, 0.25) is 0 Å². The maximum atomic E-state index is 12.0. The number of anilines is 2. The highest BCUT2D eigenvalue weighted by atomic mass is 16.3. The van der Waals surface area contributed by atoms with E-state index in [1.54, 1.807) is 43.3 Å². The monoisotopic (exact) mass is 299 g/mol. The molecule has 0 unspecified atom stereocenters. The van der Waals surface area contributed by atoms with Gasteiger partial charge in [-0.1, -0.05) is 6.08 Å². The van der Waals surface area contributed by atoms with Crippen LogP contribution in [0.4, 0.5) is 16.2 Å². The number of carbonyl (C=O) groups is 2. The van der Waals surface area contributed by atoms with E-state index in [-0.39, 0.29) is 17.7 Å². The van der Waals surface area contributed by atoms with Gasteiger partial charge in [-0.2, -0.15) is 0 Å². The number of furan rings is 1. The van der Waals surface area contributed by atoms with Crippen LogP contribution in [0.3, 0.4) is 0 Å². The van der Waals surface area contributed by atoms with Gasteiger partial charge >= 0.3 is 6.03 Å². The Morgan fingerprint density at radius 3 is 2.32 bits per heavy atom. The van der Waals surface area contributed by atoms with Gasteiger partial charge in [0.1, 0.15) is 0 Å². The zero-order valence-corrected chi connectivity index (χ0v) is 12.2. The summed E-state index contributed by atoms with van der Waals surface area (Å²) in [5.74, 6) is -0.0297. The van der Waals surface area contributed by atoms with Crippen molar-refractivity contribution >= 4 is 23.3 Å². The van der Waals surface area contributed by atoms with E-state index in [1.807, 2.05) is 0 Å². The smallest absolute Gasteiger partial charge is 0.319 e. The molecule has 22 heavy (non-hydrogen) atoms. The summed E-state index contributed by atoms with van der Waals surface area (Å²) in [5.41, 5.74) is 2.00. The summed E-state index contributed by atoms with van der Waals surface area (Å²) in [6.07, 6.45) is 3.06. The van der Waals surface area contributed by atoms with E-state index in [0.29, 0.717) is 17.9 Å². The van der Waals surface area contributed by atoms with E-state index >= 15 is 0 Å². The van der Waals surface area contributed by atoms with Crippen LogP contribution in [0.15, 0.2) is 53.7 Å². The lowest BCUT2D eigenvalue weighted by Crippen LogP contribution is -2.28. The molecule has 0 bridgehead atoms. The summed E-state index contributed by atoms with van der Waals surface area (Å²) in [6.45, 7) is 5.71. The fraction of sp³-hybridized carbons (Fsp3) is 0.125. The molecule has 1 heterocycles. The van der Waals surface area contributed by atoms with Crippen molar-refractivity contribution in [1.29, 1.82) is 0 Å². The number of carbonyl (C=O) groups excluding carboxylic acids is 2. The normalized spacial score (nSPS) is 9.86. The molecule has 0 aliphatic heterocycles. The van der Waals surface area contributed by atoms with Gasteiger partial charge in [0, 0.05) is 23.5 Å². The molecule has 0 saturated heterocycles. The van der Waals surface area contributed by atoms with E-state index in [1.165, 1.54) is 6.26 Å². The van der Waals surface area contributed by atoms with Gasteiger partial charge in [0.15, 0.2) is 5.76 Å². The van der Waals surface area contributed by atoms with Gasteiger partial charge in [-0.05, 0) is 37.3 Å². The van der Waals surface area contributed by atoms with Gasteiger partial charge in [-0.25, -0.2) is 4.79 Å². The van der Waals surface area contributed by atoms with Gasteiger partial charge < -0.3 is 20.4 Å². The largest absolute Gasteiger partial charge is 0.459 e. The Bertz CT molecular complexity index is 674. The van der Waals surface area contributed by atoms with Crippen molar-refractivity contribution in [2.75, 3.05) is 17.2 Å². The minimum absolute atomic E-state index is 0.283. The van der Waals surface area contributed by atoms with E-state index in [9.17, 15) is 9.59 Å². The van der Waals surface area contributed by atoms with Crippen LogP contribution < -0.4 is 16.0 Å². The molecule has 0 aliphatic carbocycles. The van der Waals surface area contributed by atoms with Crippen molar-refractivity contribution in [1.82, 2.24) is 5.32 Å². The molecule has 0 radical (unpaired) electrons. The molecule has 6 nitrogen and oxygen atoms in total. The van der Waals surface area contributed by atoms with Crippen LogP contribution in [0.25, 0.3) is 0 Å². The lowest BCUT2D eigenvalue weighted by molar-refractivity contribution is 0.0996. The van der Waals surface area contributed by atoms with Crippen molar-refractivity contribution in [3.8, 4) is 0 Å². The minimum atomic E-state index is -0.317. The third kappa shape index (κ3) is 3.99. The third-order valence-corrected chi connectivity index (χ3v) is 2.88. The van der Waals surface area contributed by atoms with E-state index < -0.39 is 0 Å². The lowest BCUT2D eigenvalue weighted by atomic mass is 10.2. The number of nitrogens with one attached hydrogen (secondary N) is 3. The Morgan fingerprint density at radius 2 is 1.77 bits per heavy atom. The molecular formula is C16H17N3O3. The number of hydrogen-bond donors (Lipinski definition) is 3. The van der Waals surface area contributed by atoms with Crippen LogP contribution in [-0.2, 0) is 0 Å². The van der Waals surface area contributed by atoms with Crippen LogP contribution in [0, 0.1) is 6.92 Å². The topological polar surface area (TPSA) is 83.4 Å². The molecule has 6 heteroatoms. The van der Waals surface area contributed by atoms with Crippen molar-refractivity contribution in [3.63, 3.8) is 0 Å². The van der Waals surface area contributed by atoms with Crippen molar-refractivity contribution < 1.29 is 14.0 Å². The molecule has 0 atom stereocenters. The van der Waals surface area contributed by atoms with Crippen LogP contribution in [-0.4, -0.2) is 18.5 Å². The van der Waals surface area contributed by atoms with Crippen LogP contribution in [0.5, 0.6) is 0 Å². The second-order valence-electron chi connectivity index (χ2n) is 4.59. The maximum Gasteiger partial charge on any atom is 0.319 e. The Balaban J connectivity index is 1.94. The van der Waals surface area contributed by atoms with E-state index in [0.717, 1.165) is 5.56 Å². The van der Waals surface area contributed by atoms with Gasteiger partial charge in [0.2, 0.25) is 0 Å². The molecule has 114 valence electrons. The molecule has 3 amide bonds. The van der Waals surface area contributed by atoms with Crippen molar-refractivity contribution in [2.24, 2.45) is 0 Å². The highest BCUT2D eigenvalue weighted by molar-refractivity contribution is 6.03. The predicted molar refractivity (Wildman–Crippen MR) is 85.1 cm³/mol. The number of benzene rings is 1. The summed E-state index contributed by atoms with van der Waals surface area (Å²) in [7, 11) is 0. The first kappa shape index (κ1) is 15.4. The molecule has 0 spiro atoms. The number of hydrogen-bond acceptors (Lipinski definition) is 3. The summed E-state index contributed by atoms with van der Waals surface area (Å²) in [4.78, 5) is 23.5. The SMILES string of the molecule is C=CCNC(=O)Nc1ccc(NC(=O)c2occc2C)cc1. The zero-order valence-electron chi connectivity index (χ0n) is 12.2. The Morgan fingerprint density at radius 1 is 1.14 bits per heavy atom. The molecule has 3 N–H and O–H groups in total. The quantitative estimate of drug-likeness (QED) is 0.742. The van der Waals surface area contributed by atoms with Gasteiger partial charge in [-0.15, -0.1) is 6.58 Å². The minimum Gasteiger partial charge on any atom is -0.459 e. The number of amides is 3. The Kier molecular flexibility index (Phi) is 4.98. The fourth-order valence-corrected chi connectivity index (χ4v) is 1.77. The molecule has 0 saturated carbocycles. The van der Waals surface area contributed by atoms with E-state index in [2.05, 4.69) is 22.5 Å². The summed E-state index contributed by atoms with van der Waals surface area (Å²) < 4.78 is 5.13. The molecule has 0 aliphatic rings. The molecule has 1 aromatic carbocycles. The lowest BCUT2D eigenvalue weighted by Gasteiger charge is -2.08. The summed E-state index contributed by atoms with van der Waals surface area (Å²) in [6, 6.07) is 8.18. The first-order chi connectivity index (χ1) is 10.6. The van der Waals surface area contributed by atoms with E-state index in [4.69, 9.17) is 4.42 Å². The van der Waals surface area contributed by atoms with Crippen LogP contribution in [0.1, 0.15) is 16.1 Å². The average Bonchev–Trinajstić information content (AvgIpc) is 2.93. The Hall–Kier alpha value is -3.02. The van der Waals surface area contributed by atoms with Gasteiger partial charge in [0.05, 0.1) is 6.26 Å². The predicted octanol–water partition coefficient (Wildman–Crippen LogP) is 3.15. The molecule has 2 rings (SSSR count). The molecule has 2 aromatic rings. The zero-order chi connectivity index (χ0) is 15.9. The summed E-state index contributed by atoms with van der Waals surface area (Å²) >= 11 is 0. The maximum absolute atomic E-state index is 12.0. The highest BCUT2D eigenvalue weighted by Crippen LogP contribution is 2.16. The third-order valence-electron chi connectivity index (χ3n) is 2.88. The van der Waals surface area contributed by atoms with Crippen molar-refractivity contribution in [3.05, 3.63) is 60.6 Å².